The third kappa shape index (κ3) is 5.47. The van der Waals surface area contributed by atoms with Gasteiger partial charge in [0.15, 0.2) is 0 Å². The van der Waals surface area contributed by atoms with Gasteiger partial charge in [-0.25, -0.2) is 0 Å². The van der Waals surface area contributed by atoms with E-state index >= 15 is 0 Å². The molecule has 0 unspecified atom stereocenters. The van der Waals surface area contributed by atoms with E-state index in [0.717, 1.165) is 64.2 Å². The van der Waals surface area contributed by atoms with E-state index in [0.29, 0.717) is 6.42 Å². The quantitative estimate of drug-likeness (QED) is 0.544. The van der Waals surface area contributed by atoms with Crippen LogP contribution in [0.15, 0.2) is 0 Å². The molecule has 0 saturated heterocycles. The largest absolute Gasteiger partial charge is 0.397 e. The predicted octanol–water partition coefficient (Wildman–Crippen LogP) is 5.59. The Balaban J connectivity index is 2.00. The van der Waals surface area contributed by atoms with Crippen molar-refractivity contribution in [3.05, 3.63) is 0 Å². The minimum atomic E-state index is -3.62. The molecule has 0 atom stereocenters. The molecule has 0 aromatic heterocycles. The van der Waals surface area contributed by atoms with Gasteiger partial charge in [-0.1, -0.05) is 51.9 Å². The second-order valence-corrected chi connectivity index (χ2v) is 8.64. The Labute approximate surface area is 134 Å². The van der Waals surface area contributed by atoms with Crippen molar-refractivity contribution in [1.82, 2.24) is 0 Å². The molecule has 5 heteroatoms. The van der Waals surface area contributed by atoms with Crippen LogP contribution in [0.2, 0.25) is 0 Å². The Kier molecular flexibility index (Phi) is 7.59. The maximum Gasteiger partial charge on any atom is 0.397 e. The molecule has 0 radical (unpaired) electrons. The van der Waals surface area contributed by atoms with E-state index in [1.54, 1.807) is 0 Å². The third-order valence-electron chi connectivity index (χ3n) is 4.73. The molecule has 22 heavy (non-hydrogen) atoms. The lowest BCUT2D eigenvalue weighted by atomic mass is 9.98. The molecule has 2 rings (SSSR count). The number of carbonyl (C=O) groups is 1. The van der Waals surface area contributed by atoms with Crippen LogP contribution in [0.25, 0.3) is 0 Å². The summed E-state index contributed by atoms with van der Waals surface area (Å²) in [4.78, 5) is 12.5. The minimum Gasteiger partial charge on any atom is -0.300 e. The molecule has 0 aromatic carbocycles. The van der Waals surface area contributed by atoms with Crippen molar-refractivity contribution >= 4 is 13.1 Å². The lowest BCUT2D eigenvalue weighted by molar-refractivity contribution is -0.115. The van der Waals surface area contributed by atoms with Crippen molar-refractivity contribution in [2.45, 2.75) is 103 Å². The van der Waals surface area contributed by atoms with Crippen molar-refractivity contribution < 1.29 is 18.4 Å². The maximum absolute atomic E-state index is 13.2. The topological polar surface area (TPSA) is 52.6 Å². The molecule has 0 spiro atoms. The summed E-state index contributed by atoms with van der Waals surface area (Å²) in [5, 5.41) is 0. The lowest BCUT2D eigenvalue weighted by Crippen LogP contribution is -2.23. The highest BCUT2D eigenvalue weighted by molar-refractivity contribution is 7.71. The van der Waals surface area contributed by atoms with Crippen LogP contribution >= 0.6 is 7.60 Å². The normalized spacial score (nSPS) is 21.9. The SMILES string of the molecule is CCCCC(=O)P(=O)(OC1CCCCC1)OC1CCCCC1. The standard InChI is InChI=1S/C17H31O4P/c1-2-3-14-17(18)22(19,20-15-10-6-4-7-11-15)21-16-12-8-5-9-13-16/h15-16H,2-14H2,1H3. The van der Waals surface area contributed by atoms with Crippen molar-refractivity contribution in [3.63, 3.8) is 0 Å². The number of carbonyl (C=O) groups excluding carboxylic acids is 1. The fraction of sp³-hybridized carbons (Fsp3) is 0.941. The number of rotatable bonds is 8. The first-order valence-corrected chi connectivity index (χ1v) is 10.7. The predicted molar refractivity (Wildman–Crippen MR) is 88.1 cm³/mol. The van der Waals surface area contributed by atoms with Crippen LogP contribution in [0.5, 0.6) is 0 Å². The van der Waals surface area contributed by atoms with Gasteiger partial charge in [0, 0.05) is 6.42 Å². The summed E-state index contributed by atoms with van der Waals surface area (Å²) in [6.45, 7) is 2.03. The highest BCUT2D eigenvalue weighted by Gasteiger charge is 2.39. The summed E-state index contributed by atoms with van der Waals surface area (Å²) in [5.41, 5.74) is -0.300. The van der Waals surface area contributed by atoms with Gasteiger partial charge in [-0.3, -0.25) is 18.4 Å². The molecular weight excluding hydrogens is 299 g/mol. The van der Waals surface area contributed by atoms with E-state index in [1.807, 2.05) is 6.92 Å². The maximum atomic E-state index is 13.2. The van der Waals surface area contributed by atoms with Gasteiger partial charge in [-0.15, -0.1) is 0 Å². The summed E-state index contributed by atoms with van der Waals surface area (Å²) in [5.74, 6) is 0. The summed E-state index contributed by atoms with van der Waals surface area (Å²) in [7, 11) is -3.62. The van der Waals surface area contributed by atoms with E-state index in [4.69, 9.17) is 9.05 Å². The molecule has 2 saturated carbocycles. The van der Waals surface area contributed by atoms with Gasteiger partial charge in [0.1, 0.15) is 0 Å². The van der Waals surface area contributed by atoms with Crippen LogP contribution in [-0.4, -0.2) is 17.7 Å². The first-order valence-electron chi connectivity index (χ1n) is 9.14. The highest BCUT2D eigenvalue weighted by Crippen LogP contribution is 2.55. The van der Waals surface area contributed by atoms with Gasteiger partial charge >= 0.3 is 7.60 Å². The second-order valence-electron chi connectivity index (χ2n) is 6.73. The lowest BCUT2D eigenvalue weighted by Gasteiger charge is -2.30. The summed E-state index contributed by atoms with van der Waals surface area (Å²) >= 11 is 0. The Morgan fingerprint density at radius 2 is 1.36 bits per heavy atom. The van der Waals surface area contributed by atoms with Crippen LogP contribution in [0, 0.1) is 0 Å². The Hall–Kier alpha value is -0.180. The fourth-order valence-corrected chi connectivity index (χ4v) is 5.26. The average molecular weight is 330 g/mol. The van der Waals surface area contributed by atoms with Gasteiger partial charge in [-0.2, -0.15) is 0 Å². The van der Waals surface area contributed by atoms with E-state index < -0.39 is 7.60 Å². The van der Waals surface area contributed by atoms with Gasteiger partial charge in [-0.05, 0) is 32.1 Å². The molecule has 0 heterocycles. The summed E-state index contributed by atoms with van der Waals surface area (Å²) < 4.78 is 24.8. The second kappa shape index (κ2) is 9.20. The monoisotopic (exact) mass is 330 g/mol. The van der Waals surface area contributed by atoms with Crippen LogP contribution < -0.4 is 0 Å². The molecule has 0 bridgehead atoms. The smallest absolute Gasteiger partial charge is 0.300 e. The van der Waals surface area contributed by atoms with Crippen LogP contribution in [-0.2, 0) is 18.4 Å². The molecule has 0 amide bonds. The average Bonchev–Trinajstić information content (AvgIpc) is 2.54. The molecule has 2 aliphatic rings. The minimum absolute atomic E-state index is 0.0613. The van der Waals surface area contributed by atoms with Gasteiger partial charge < -0.3 is 0 Å². The molecule has 0 aromatic rings. The van der Waals surface area contributed by atoms with E-state index in [1.165, 1.54) is 12.8 Å². The van der Waals surface area contributed by atoms with Crippen LogP contribution in [0.4, 0.5) is 0 Å². The van der Waals surface area contributed by atoms with Gasteiger partial charge in [0.25, 0.3) is 0 Å². The molecule has 0 N–H and O–H groups in total. The van der Waals surface area contributed by atoms with Crippen molar-refractivity contribution in [2.24, 2.45) is 0 Å². The first kappa shape index (κ1) is 18.2. The Morgan fingerprint density at radius 1 is 0.909 bits per heavy atom. The molecule has 2 fully saturated rings. The van der Waals surface area contributed by atoms with Gasteiger partial charge in [0.05, 0.1) is 12.2 Å². The number of hydrogen-bond acceptors (Lipinski definition) is 4. The Bertz CT molecular complexity index is 360. The van der Waals surface area contributed by atoms with Gasteiger partial charge in [0.2, 0.25) is 5.52 Å². The molecule has 2 aliphatic carbocycles. The third-order valence-corrected chi connectivity index (χ3v) is 6.72. The van der Waals surface area contributed by atoms with Crippen molar-refractivity contribution in [1.29, 1.82) is 0 Å². The highest BCUT2D eigenvalue weighted by atomic mass is 31.2. The zero-order valence-corrected chi connectivity index (χ0v) is 14.8. The zero-order chi connectivity index (χ0) is 15.8. The molecule has 0 aliphatic heterocycles. The number of hydrogen-bond donors (Lipinski definition) is 0. The molecule has 128 valence electrons. The fourth-order valence-electron chi connectivity index (χ4n) is 3.34. The van der Waals surface area contributed by atoms with E-state index in [9.17, 15) is 9.36 Å². The van der Waals surface area contributed by atoms with E-state index in [-0.39, 0.29) is 17.7 Å². The summed E-state index contributed by atoms with van der Waals surface area (Å²) in [6.07, 6.45) is 12.3. The van der Waals surface area contributed by atoms with Crippen molar-refractivity contribution in [2.75, 3.05) is 0 Å². The molecular formula is C17H31O4P. The first-order chi connectivity index (χ1) is 10.6. The summed E-state index contributed by atoms with van der Waals surface area (Å²) in [6, 6.07) is 0. The van der Waals surface area contributed by atoms with Crippen molar-refractivity contribution in [3.8, 4) is 0 Å². The van der Waals surface area contributed by atoms with Crippen LogP contribution in [0.1, 0.15) is 90.4 Å². The van der Waals surface area contributed by atoms with Crippen LogP contribution in [0.3, 0.4) is 0 Å². The van der Waals surface area contributed by atoms with E-state index in [2.05, 4.69) is 0 Å². The number of unbranched alkanes of at least 4 members (excludes halogenated alkanes) is 1. The Morgan fingerprint density at radius 3 is 1.77 bits per heavy atom. The molecule has 4 nitrogen and oxygen atoms in total. The zero-order valence-electron chi connectivity index (χ0n) is 13.9.